The zero-order valence-electron chi connectivity index (χ0n) is 13.5. The third kappa shape index (κ3) is 3.26. The Kier molecular flexibility index (Phi) is 4.53. The first-order chi connectivity index (χ1) is 11.5. The normalized spacial score (nSPS) is 18.8. The van der Waals surface area contributed by atoms with E-state index in [0.717, 1.165) is 13.0 Å². The van der Waals surface area contributed by atoms with Crippen LogP contribution in [0.2, 0.25) is 0 Å². The summed E-state index contributed by atoms with van der Waals surface area (Å²) in [7, 11) is 1.62. The maximum absolute atomic E-state index is 12.4. The molecule has 1 atom stereocenters. The predicted molar refractivity (Wildman–Crippen MR) is 87.2 cm³/mol. The quantitative estimate of drug-likeness (QED) is 0.834. The van der Waals surface area contributed by atoms with Crippen molar-refractivity contribution < 1.29 is 19.1 Å². The summed E-state index contributed by atoms with van der Waals surface area (Å²) in [6, 6.07) is 4.99. The number of hydrogen-bond acceptors (Lipinski definition) is 5. The predicted octanol–water partition coefficient (Wildman–Crippen LogP) is 1.50. The number of benzene rings is 1. The summed E-state index contributed by atoms with van der Waals surface area (Å²) >= 11 is 0. The molecule has 1 N–H and O–H groups in total. The molecule has 0 radical (unpaired) electrons. The van der Waals surface area contributed by atoms with E-state index in [9.17, 15) is 14.4 Å². The third-order valence-electron chi connectivity index (χ3n) is 4.62. The van der Waals surface area contributed by atoms with E-state index >= 15 is 0 Å². The molecular formula is C17H20N2O5. The van der Waals surface area contributed by atoms with Crippen molar-refractivity contribution in [2.24, 2.45) is 13.0 Å². The molecule has 1 aliphatic heterocycles. The number of carboxylic acids is 1. The number of piperidine rings is 1. The van der Waals surface area contributed by atoms with E-state index in [0.29, 0.717) is 42.6 Å². The van der Waals surface area contributed by atoms with E-state index in [1.807, 2.05) is 4.90 Å². The molecule has 0 amide bonds. The van der Waals surface area contributed by atoms with Crippen molar-refractivity contribution in [1.82, 2.24) is 9.47 Å². The summed E-state index contributed by atoms with van der Waals surface area (Å²) in [6.45, 7) is 1.86. The van der Waals surface area contributed by atoms with Crippen LogP contribution in [0.3, 0.4) is 0 Å². The summed E-state index contributed by atoms with van der Waals surface area (Å²) < 4.78 is 6.50. The summed E-state index contributed by atoms with van der Waals surface area (Å²) in [5.41, 5.74) is 1.55. The molecule has 1 aromatic heterocycles. The lowest BCUT2D eigenvalue weighted by atomic mass is 9.98. The van der Waals surface area contributed by atoms with Gasteiger partial charge < -0.3 is 14.4 Å². The van der Waals surface area contributed by atoms with Crippen molar-refractivity contribution in [3.8, 4) is 0 Å². The number of aromatic nitrogens is 1. The fourth-order valence-corrected chi connectivity index (χ4v) is 3.17. The minimum absolute atomic E-state index is 0.0409. The van der Waals surface area contributed by atoms with Gasteiger partial charge in [-0.05, 0) is 37.6 Å². The monoisotopic (exact) mass is 332 g/mol. The summed E-state index contributed by atoms with van der Waals surface area (Å²) in [4.78, 5) is 37.0. The molecule has 1 unspecified atom stereocenters. The molecule has 0 bridgehead atoms. The van der Waals surface area contributed by atoms with Crippen LogP contribution in [-0.2, 0) is 11.8 Å². The number of ketones is 1. The zero-order valence-corrected chi connectivity index (χ0v) is 13.5. The molecule has 128 valence electrons. The molecular weight excluding hydrogens is 312 g/mol. The third-order valence-corrected chi connectivity index (χ3v) is 4.62. The van der Waals surface area contributed by atoms with Gasteiger partial charge in [-0.25, -0.2) is 4.79 Å². The summed E-state index contributed by atoms with van der Waals surface area (Å²) in [5.74, 6) is -1.61. The molecule has 1 aliphatic rings. The van der Waals surface area contributed by atoms with Gasteiger partial charge in [-0.15, -0.1) is 0 Å². The average molecular weight is 332 g/mol. The first-order valence-electron chi connectivity index (χ1n) is 8.03. The van der Waals surface area contributed by atoms with Gasteiger partial charge in [-0.1, -0.05) is 0 Å². The molecule has 1 saturated heterocycles. The van der Waals surface area contributed by atoms with Crippen LogP contribution < -0.4 is 5.76 Å². The highest BCUT2D eigenvalue weighted by atomic mass is 16.4. The lowest BCUT2D eigenvalue weighted by molar-refractivity contribution is -0.143. The van der Waals surface area contributed by atoms with Gasteiger partial charge in [0.2, 0.25) is 0 Å². The Hall–Kier alpha value is -2.41. The lowest BCUT2D eigenvalue weighted by Gasteiger charge is -2.30. The van der Waals surface area contributed by atoms with E-state index in [2.05, 4.69) is 0 Å². The maximum Gasteiger partial charge on any atom is 0.419 e. The van der Waals surface area contributed by atoms with Crippen molar-refractivity contribution in [1.29, 1.82) is 0 Å². The molecule has 7 heteroatoms. The van der Waals surface area contributed by atoms with Crippen molar-refractivity contribution in [2.45, 2.75) is 19.3 Å². The Morgan fingerprint density at radius 2 is 2.17 bits per heavy atom. The highest BCUT2D eigenvalue weighted by Gasteiger charge is 2.25. The standard InChI is InChI=1S/C17H20N2O5/c1-18-13-5-4-11(9-15(13)24-17(18)23)14(20)6-8-19-7-2-3-12(10-19)16(21)22/h4-5,9,12H,2-3,6-8,10H2,1H3,(H,21,22). The number of hydrogen-bond donors (Lipinski definition) is 1. The topological polar surface area (TPSA) is 92.8 Å². The number of aryl methyl sites for hydroxylation is 1. The van der Waals surface area contributed by atoms with E-state index in [1.54, 1.807) is 25.2 Å². The second-order valence-corrected chi connectivity index (χ2v) is 6.26. The van der Waals surface area contributed by atoms with Gasteiger partial charge in [-0.2, -0.15) is 0 Å². The number of nitrogens with zero attached hydrogens (tertiary/aromatic N) is 2. The number of Topliss-reactive ketones (excluding diaryl/α,β-unsaturated/α-hetero) is 1. The van der Waals surface area contributed by atoms with Crippen LogP contribution in [0.5, 0.6) is 0 Å². The van der Waals surface area contributed by atoms with E-state index in [4.69, 9.17) is 9.52 Å². The second kappa shape index (κ2) is 6.60. The van der Waals surface area contributed by atoms with Crippen LogP contribution in [0, 0.1) is 5.92 Å². The highest BCUT2D eigenvalue weighted by Crippen LogP contribution is 2.18. The Balaban J connectivity index is 1.65. The van der Waals surface area contributed by atoms with Crippen molar-refractivity contribution in [3.63, 3.8) is 0 Å². The fraction of sp³-hybridized carbons (Fsp3) is 0.471. The lowest BCUT2D eigenvalue weighted by Crippen LogP contribution is -2.39. The Morgan fingerprint density at radius 3 is 2.92 bits per heavy atom. The average Bonchev–Trinajstić information content (AvgIpc) is 2.86. The largest absolute Gasteiger partial charge is 0.481 e. The maximum atomic E-state index is 12.4. The molecule has 1 fully saturated rings. The van der Waals surface area contributed by atoms with Crippen molar-refractivity contribution >= 4 is 22.9 Å². The zero-order chi connectivity index (χ0) is 17.3. The molecule has 2 heterocycles. The van der Waals surface area contributed by atoms with Gasteiger partial charge in [0.15, 0.2) is 11.4 Å². The smallest absolute Gasteiger partial charge is 0.419 e. The molecule has 0 spiro atoms. The van der Waals surface area contributed by atoms with Crippen LogP contribution in [0.25, 0.3) is 11.1 Å². The van der Waals surface area contributed by atoms with E-state index < -0.39 is 11.7 Å². The first-order valence-corrected chi connectivity index (χ1v) is 8.03. The number of fused-ring (bicyclic) bond motifs is 1. The number of rotatable bonds is 5. The molecule has 3 rings (SSSR count). The minimum atomic E-state index is -0.768. The number of likely N-dealkylation sites (tertiary alicyclic amines) is 1. The van der Waals surface area contributed by atoms with Crippen LogP contribution in [-0.4, -0.2) is 46.0 Å². The first kappa shape index (κ1) is 16.4. The van der Waals surface area contributed by atoms with Gasteiger partial charge >= 0.3 is 11.7 Å². The summed E-state index contributed by atoms with van der Waals surface area (Å²) in [6.07, 6.45) is 1.85. The molecule has 24 heavy (non-hydrogen) atoms. The fourth-order valence-electron chi connectivity index (χ4n) is 3.17. The SMILES string of the molecule is Cn1c(=O)oc2cc(C(=O)CCN3CCCC(C(=O)O)C3)ccc21. The highest BCUT2D eigenvalue weighted by molar-refractivity contribution is 5.98. The van der Waals surface area contributed by atoms with Crippen molar-refractivity contribution in [3.05, 3.63) is 34.3 Å². The van der Waals surface area contributed by atoms with Gasteiger partial charge in [-0.3, -0.25) is 14.2 Å². The van der Waals surface area contributed by atoms with Gasteiger partial charge in [0.05, 0.1) is 11.4 Å². The van der Waals surface area contributed by atoms with Crippen molar-refractivity contribution in [2.75, 3.05) is 19.6 Å². The number of carbonyl (C=O) groups excluding carboxylic acids is 1. The Labute approximate surface area is 138 Å². The Morgan fingerprint density at radius 1 is 1.38 bits per heavy atom. The van der Waals surface area contributed by atoms with E-state index in [-0.39, 0.29) is 11.7 Å². The number of aliphatic carboxylic acids is 1. The van der Waals surface area contributed by atoms with Gasteiger partial charge in [0.1, 0.15) is 0 Å². The van der Waals surface area contributed by atoms with Gasteiger partial charge in [0.25, 0.3) is 0 Å². The summed E-state index contributed by atoms with van der Waals surface area (Å²) in [5, 5.41) is 9.10. The molecule has 2 aromatic rings. The molecule has 7 nitrogen and oxygen atoms in total. The van der Waals surface area contributed by atoms with Gasteiger partial charge in [0, 0.05) is 32.1 Å². The van der Waals surface area contributed by atoms with Crippen LogP contribution in [0.1, 0.15) is 29.6 Å². The number of carboxylic acid groups (broad SMARTS) is 1. The van der Waals surface area contributed by atoms with E-state index in [1.165, 1.54) is 4.57 Å². The second-order valence-electron chi connectivity index (χ2n) is 6.26. The molecule has 0 saturated carbocycles. The molecule has 0 aliphatic carbocycles. The van der Waals surface area contributed by atoms with Crippen LogP contribution in [0.15, 0.2) is 27.4 Å². The number of carbonyl (C=O) groups is 2. The van der Waals surface area contributed by atoms with Crippen LogP contribution >= 0.6 is 0 Å². The molecule has 1 aromatic carbocycles. The van der Waals surface area contributed by atoms with Crippen LogP contribution in [0.4, 0.5) is 0 Å². The Bertz CT molecular complexity index is 835. The minimum Gasteiger partial charge on any atom is -0.481 e. The number of oxazole rings is 1.